The van der Waals surface area contributed by atoms with Gasteiger partial charge in [-0.1, -0.05) is 0 Å². The van der Waals surface area contributed by atoms with Gasteiger partial charge in [0.15, 0.2) is 17.1 Å². The van der Waals surface area contributed by atoms with Gasteiger partial charge in [-0.05, 0) is 30.2 Å². The molecule has 0 saturated carbocycles. The topological polar surface area (TPSA) is 57.2 Å². The summed E-state index contributed by atoms with van der Waals surface area (Å²) in [5.41, 5.74) is 2.07. The van der Waals surface area contributed by atoms with E-state index in [9.17, 15) is 4.79 Å². The van der Waals surface area contributed by atoms with E-state index in [1.54, 1.807) is 0 Å². The Morgan fingerprint density at radius 1 is 1.09 bits per heavy atom. The van der Waals surface area contributed by atoms with E-state index < -0.39 is 11.8 Å². The van der Waals surface area contributed by atoms with Gasteiger partial charge < -0.3 is 18.9 Å². The molecule has 2 fully saturated rings. The lowest BCUT2D eigenvalue weighted by molar-refractivity contribution is -0.00169. The minimum Gasteiger partial charge on any atom is -0.486 e. The highest BCUT2D eigenvalue weighted by molar-refractivity contribution is 5.62. The van der Waals surface area contributed by atoms with Gasteiger partial charge in [0.05, 0.1) is 0 Å². The third-order valence-electron chi connectivity index (χ3n) is 4.91. The number of hydrogen-bond acceptors (Lipinski definition) is 6. The number of carbonyl (C=O) groups excluding carboxylic acids is 1. The Kier molecular flexibility index (Phi) is 3.56. The molecule has 0 unspecified atom stereocenters. The summed E-state index contributed by atoms with van der Waals surface area (Å²) in [6, 6.07) is 4.15. The molecule has 0 N–H and O–H groups in total. The normalized spacial score (nSPS) is 22.7. The number of likely N-dealkylation sites (tertiary alicyclic amines) is 1. The van der Waals surface area contributed by atoms with E-state index in [1.165, 1.54) is 11.1 Å². The Labute approximate surface area is 135 Å². The highest BCUT2D eigenvalue weighted by Gasteiger charge is 2.44. The van der Waals surface area contributed by atoms with Gasteiger partial charge in [0.2, 0.25) is 0 Å². The van der Waals surface area contributed by atoms with Crippen LogP contribution in [-0.4, -0.2) is 49.6 Å². The van der Waals surface area contributed by atoms with Crippen molar-refractivity contribution < 1.29 is 23.7 Å². The molecular weight excluding hydrogens is 298 g/mol. The lowest BCUT2D eigenvalue weighted by atomic mass is 9.92. The number of rotatable bonds is 2. The molecule has 0 aromatic heterocycles. The summed E-state index contributed by atoms with van der Waals surface area (Å²) in [7, 11) is 0. The van der Waals surface area contributed by atoms with E-state index in [1.807, 2.05) is 0 Å². The molecule has 6 nitrogen and oxygen atoms in total. The second-order valence-electron chi connectivity index (χ2n) is 6.52. The van der Waals surface area contributed by atoms with E-state index in [0.717, 1.165) is 44.0 Å². The van der Waals surface area contributed by atoms with Crippen LogP contribution in [0.1, 0.15) is 24.0 Å². The first-order valence-corrected chi connectivity index (χ1v) is 8.11. The summed E-state index contributed by atoms with van der Waals surface area (Å²) in [6.45, 7) is 6.37. The molecule has 3 aliphatic heterocycles. The zero-order valence-corrected chi connectivity index (χ0v) is 13.3. The molecule has 3 aliphatic rings. The smallest absolute Gasteiger partial charge is 0.486 e. The molecule has 0 aliphatic carbocycles. The molecule has 0 atom stereocenters. The molecule has 0 radical (unpaired) electrons. The Morgan fingerprint density at radius 2 is 1.78 bits per heavy atom. The van der Waals surface area contributed by atoms with Crippen molar-refractivity contribution in [3.8, 4) is 11.5 Å². The highest BCUT2D eigenvalue weighted by Crippen LogP contribution is 2.35. The van der Waals surface area contributed by atoms with E-state index in [2.05, 4.69) is 24.0 Å². The summed E-state index contributed by atoms with van der Waals surface area (Å²) in [5.74, 6) is 1.67. The predicted octanol–water partition coefficient (Wildman–Crippen LogP) is 2.27. The van der Waals surface area contributed by atoms with Crippen molar-refractivity contribution in [1.29, 1.82) is 0 Å². The fourth-order valence-corrected chi connectivity index (χ4v) is 3.43. The minimum atomic E-state index is -0.527. The molecule has 3 heterocycles. The highest BCUT2D eigenvalue weighted by atomic mass is 16.8. The van der Waals surface area contributed by atoms with Crippen LogP contribution in [0.25, 0.3) is 0 Å². The third-order valence-corrected chi connectivity index (χ3v) is 4.91. The molecule has 23 heavy (non-hydrogen) atoms. The van der Waals surface area contributed by atoms with Gasteiger partial charge in [-0.3, -0.25) is 4.90 Å². The average molecular weight is 319 g/mol. The maximum atomic E-state index is 11.2. The maximum absolute atomic E-state index is 11.2. The Morgan fingerprint density at radius 3 is 2.43 bits per heavy atom. The molecule has 124 valence electrons. The van der Waals surface area contributed by atoms with Crippen LogP contribution in [0, 0.1) is 6.92 Å². The van der Waals surface area contributed by atoms with Crippen LogP contribution in [0.5, 0.6) is 11.5 Å². The number of aryl methyl sites for hydroxylation is 1. The molecule has 0 bridgehead atoms. The Hall–Kier alpha value is -1.95. The first kappa shape index (κ1) is 14.6. The number of ether oxygens (including phenoxy) is 4. The molecule has 6 heteroatoms. The van der Waals surface area contributed by atoms with Crippen molar-refractivity contribution >= 4 is 6.16 Å². The molecule has 1 aromatic rings. The SMILES string of the molecule is Cc1cc2c(cc1CN1CCC3(CC1)COC(=O)O3)OCCO2. The minimum absolute atomic E-state index is 0.392. The quantitative estimate of drug-likeness (QED) is 0.780. The molecule has 0 amide bonds. The summed E-state index contributed by atoms with van der Waals surface area (Å²) in [5, 5.41) is 0. The first-order valence-electron chi connectivity index (χ1n) is 8.11. The fraction of sp³-hybridized carbons (Fsp3) is 0.588. The molecule has 1 spiro atoms. The number of hydrogen-bond donors (Lipinski definition) is 0. The van der Waals surface area contributed by atoms with E-state index >= 15 is 0 Å². The predicted molar refractivity (Wildman–Crippen MR) is 81.8 cm³/mol. The zero-order chi connectivity index (χ0) is 15.9. The number of carbonyl (C=O) groups is 1. The Balaban J connectivity index is 1.42. The average Bonchev–Trinajstić information content (AvgIpc) is 2.91. The van der Waals surface area contributed by atoms with Gasteiger partial charge in [0.1, 0.15) is 19.8 Å². The number of nitrogens with zero attached hydrogens (tertiary/aromatic N) is 1. The molecule has 1 aromatic carbocycles. The summed E-state index contributed by atoms with van der Waals surface area (Å²) in [6.07, 6.45) is 1.12. The standard InChI is InChI=1S/C17H21NO5/c1-12-8-14-15(21-7-6-20-14)9-13(12)10-18-4-2-17(3-5-18)11-22-16(19)23-17/h8-9H,2-7,10-11H2,1H3. The van der Waals surface area contributed by atoms with Crippen LogP contribution in [-0.2, 0) is 16.0 Å². The van der Waals surface area contributed by atoms with Gasteiger partial charge >= 0.3 is 6.16 Å². The van der Waals surface area contributed by atoms with Crippen LogP contribution < -0.4 is 9.47 Å². The number of benzene rings is 1. The lowest BCUT2D eigenvalue weighted by Gasteiger charge is -2.36. The van der Waals surface area contributed by atoms with Crippen LogP contribution >= 0.6 is 0 Å². The van der Waals surface area contributed by atoms with Gasteiger partial charge in [0, 0.05) is 32.5 Å². The molecular formula is C17H21NO5. The van der Waals surface area contributed by atoms with E-state index in [4.69, 9.17) is 18.9 Å². The largest absolute Gasteiger partial charge is 0.509 e. The molecule has 4 rings (SSSR count). The lowest BCUT2D eigenvalue weighted by Crippen LogP contribution is -2.45. The Bertz CT molecular complexity index is 622. The summed E-state index contributed by atoms with van der Waals surface area (Å²) >= 11 is 0. The van der Waals surface area contributed by atoms with E-state index in [0.29, 0.717) is 19.8 Å². The maximum Gasteiger partial charge on any atom is 0.509 e. The van der Waals surface area contributed by atoms with E-state index in [-0.39, 0.29) is 0 Å². The third kappa shape index (κ3) is 2.83. The zero-order valence-electron chi connectivity index (χ0n) is 13.3. The van der Waals surface area contributed by atoms with Gasteiger partial charge in [0.25, 0.3) is 0 Å². The van der Waals surface area contributed by atoms with Gasteiger partial charge in [-0.15, -0.1) is 0 Å². The fourth-order valence-electron chi connectivity index (χ4n) is 3.43. The first-order chi connectivity index (χ1) is 11.1. The number of cyclic esters (lactones) is 1. The number of piperidine rings is 1. The molecule has 2 saturated heterocycles. The van der Waals surface area contributed by atoms with Crippen molar-refractivity contribution in [2.24, 2.45) is 0 Å². The van der Waals surface area contributed by atoms with Crippen molar-refractivity contribution in [1.82, 2.24) is 4.90 Å². The van der Waals surface area contributed by atoms with Gasteiger partial charge in [-0.25, -0.2) is 4.79 Å². The second kappa shape index (κ2) is 5.60. The summed E-state index contributed by atoms with van der Waals surface area (Å²) in [4.78, 5) is 13.6. The summed E-state index contributed by atoms with van der Waals surface area (Å²) < 4.78 is 21.6. The van der Waals surface area contributed by atoms with Crippen molar-refractivity contribution in [3.63, 3.8) is 0 Å². The van der Waals surface area contributed by atoms with Crippen LogP contribution in [0.15, 0.2) is 12.1 Å². The van der Waals surface area contributed by atoms with Crippen molar-refractivity contribution in [2.75, 3.05) is 32.9 Å². The second-order valence-corrected chi connectivity index (χ2v) is 6.52. The van der Waals surface area contributed by atoms with Crippen LogP contribution in [0.4, 0.5) is 4.79 Å². The van der Waals surface area contributed by atoms with Crippen molar-refractivity contribution in [3.05, 3.63) is 23.3 Å². The van der Waals surface area contributed by atoms with Crippen LogP contribution in [0.2, 0.25) is 0 Å². The van der Waals surface area contributed by atoms with Gasteiger partial charge in [-0.2, -0.15) is 0 Å². The monoisotopic (exact) mass is 319 g/mol. The van der Waals surface area contributed by atoms with Crippen LogP contribution in [0.3, 0.4) is 0 Å². The van der Waals surface area contributed by atoms with Crippen molar-refractivity contribution in [2.45, 2.75) is 31.9 Å². The number of fused-ring (bicyclic) bond motifs is 1.